The van der Waals surface area contributed by atoms with Crippen LogP contribution in [0.25, 0.3) is 6.08 Å². The Bertz CT molecular complexity index is 890. The van der Waals surface area contributed by atoms with E-state index in [1.807, 2.05) is 56.3 Å². The van der Waals surface area contributed by atoms with E-state index in [9.17, 15) is 9.59 Å². The van der Waals surface area contributed by atoms with Crippen LogP contribution in [0.15, 0.2) is 48.5 Å². The zero-order valence-electron chi connectivity index (χ0n) is 15.9. The number of esters is 1. The molecule has 2 aromatic rings. The molecule has 1 aliphatic rings. The molecule has 0 saturated heterocycles. The monoisotopic (exact) mass is 381 g/mol. The maximum Gasteiger partial charge on any atom is 0.331 e. The van der Waals surface area contributed by atoms with Crippen LogP contribution in [0.4, 0.5) is 0 Å². The summed E-state index contributed by atoms with van der Waals surface area (Å²) in [5.41, 5.74) is 2.86. The summed E-state index contributed by atoms with van der Waals surface area (Å²) >= 11 is 0. The second kappa shape index (κ2) is 9.08. The van der Waals surface area contributed by atoms with Crippen LogP contribution in [0.3, 0.4) is 0 Å². The highest BCUT2D eigenvalue weighted by Crippen LogP contribution is 2.32. The van der Waals surface area contributed by atoms with Gasteiger partial charge in [-0.05, 0) is 48.7 Å². The van der Waals surface area contributed by atoms with Crippen molar-refractivity contribution in [2.45, 2.75) is 19.9 Å². The molecule has 0 saturated carbocycles. The Morgan fingerprint density at radius 2 is 1.89 bits per heavy atom. The molecule has 2 aromatic carbocycles. The van der Waals surface area contributed by atoms with Gasteiger partial charge in [-0.2, -0.15) is 0 Å². The number of hydrogen-bond donors (Lipinski definition) is 1. The van der Waals surface area contributed by atoms with Gasteiger partial charge >= 0.3 is 5.97 Å². The summed E-state index contributed by atoms with van der Waals surface area (Å²) in [6.45, 7) is 4.50. The van der Waals surface area contributed by atoms with Crippen molar-refractivity contribution in [3.8, 4) is 11.5 Å². The molecular formula is C22H23NO5. The van der Waals surface area contributed by atoms with E-state index in [1.54, 1.807) is 6.08 Å². The third-order valence-electron chi connectivity index (χ3n) is 4.38. The van der Waals surface area contributed by atoms with Crippen LogP contribution in [0, 0.1) is 6.92 Å². The minimum Gasteiger partial charge on any atom is -0.486 e. The van der Waals surface area contributed by atoms with Crippen LogP contribution in [0.2, 0.25) is 0 Å². The van der Waals surface area contributed by atoms with Crippen LogP contribution in [-0.2, 0) is 14.3 Å². The van der Waals surface area contributed by atoms with Crippen LogP contribution < -0.4 is 14.8 Å². The first kappa shape index (κ1) is 19.5. The molecule has 1 aliphatic heterocycles. The van der Waals surface area contributed by atoms with Gasteiger partial charge in [-0.15, -0.1) is 0 Å². The summed E-state index contributed by atoms with van der Waals surface area (Å²) in [4.78, 5) is 23.9. The zero-order valence-corrected chi connectivity index (χ0v) is 15.9. The van der Waals surface area contributed by atoms with Gasteiger partial charge in [-0.1, -0.05) is 30.3 Å². The number of aryl methyl sites for hydroxylation is 1. The standard InChI is InChI=1S/C22H23NO5/c1-15-5-3-4-6-17(15)8-10-22(25)28-14-21(24)23-16(2)18-7-9-19-20(13-18)27-12-11-26-19/h3-10,13,16H,11-12,14H2,1-2H3,(H,23,24)/b10-8+/t16-/m0/s1. The number of carbonyl (C=O) groups is 2. The molecule has 1 amide bonds. The number of benzene rings is 2. The van der Waals surface area contributed by atoms with Crippen molar-refractivity contribution in [1.29, 1.82) is 0 Å². The summed E-state index contributed by atoms with van der Waals surface area (Å²) < 4.78 is 16.1. The Hall–Kier alpha value is -3.28. The minimum atomic E-state index is -0.564. The van der Waals surface area contributed by atoms with Gasteiger partial charge in [-0.25, -0.2) is 4.79 Å². The van der Waals surface area contributed by atoms with Crippen LogP contribution in [0.5, 0.6) is 11.5 Å². The van der Waals surface area contributed by atoms with Gasteiger partial charge in [0.2, 0.25) is 0 Å². The van der Waals surface area contributed by atoms with Gasteiger partial charge in [0.1, 0.15) is 13.2 Å². The van der Waals surface area contributed by atoms with E-state index < -0.39 is 5.97 Å². The largest absolute Gasteiger partial charge is 0.486 e. The number of amides is 1. The van der Waals surface area contributed by atoms with E-state index in [-0.39, 0.29) is 18.6 Å². The molecule has 3 rings (SSSR count). The fourth-order valence-electron chi connectivity index (χ4n) is 2.81. The quantitative estimate of drug-likeness (QED) is 0.614. The van der Waals surface area contributed by atoms with Gasteiger partial charge < -0.3 is 19.5 Å². The highest BCUT2D eigenvalue weighted by Gasteiger charge is 2.16. The first-order chi connectivity index (χ1) is 13.5. The van der Waals surface area contributed by atoms with Gasteiger partial charge in [0.25, 0.3) is 5.91 Å². The van der Waals surface area contributed by atoms with Crippen molar-refractivity contribution in [3.05, 3.63) is 65.2 Å². The normalized spacial score (nSPS) is 13.8. The first-order valence-electron chi connectivity index (χ1n) is 9.12. The Morgan fingerprint density at radius 3 is 2.68 bits per heavy atom. The first-order valence-corrected chi connectivity index (χ1v) is 9.12. The lowest BCUT2D eigenvalue weighted by Gasteiger charge is -2.21. The summed E-state index contributed by atoms with van der Waals surface area (Å²) in [7, 11) is 0. The molecule has 146 valence electrons. The molecule has 0 radical (unpaired) electrons. The van der Waals surface area contributed by atoms with Gasteiger partial charge in [-0.3, -0.25) is 4.79 Å². The molecule has 1 atom stereocenters. The van der Waals surface area contributed by atoms with E-state index >= 15 is 0 Å². The summed E-state index contributed by atoms with van der Waals surface area (Å²) in [6.07, 6.45) is 2.99. The molecule has 1 heterocycles. The molecule has 1 N–H and O–H groups in total. The lowest BCUT2D eigenvalue weighted by molar-refractivity contribution is -0.144. The lowest BCUT2D eigenvalue weighted by Crippen LogP contribution is -2.31. The number of hydrogen-bond acceptors (Lipinski definition) is 5. The second-order valence-corrected chi connectivity index (χ2v) is 6.49. The SMILES string of the molecule is Cc1ccccc1/C=C/C(=O)OCC(=O)N[C@@H](C)c1ccc2c(c1)OCCO2. The lowest BCUT2D eigenvalue weighted by atomic mass is 10.1. The molecule has 0 fully saturated rings. The van der Waals surface area contributed by atoms with Crippen LogP contribution in [-0.4, -0.2) is 31.7 Å². The third-order valence-corrected chi connectivity index (χ3v) is 4.38. The second-order valence-electron chi connectivity index (χ2n) is 6.49. The van der Waals surface area contributed by atoms with E-state index in [1.165, 1.54) is 6.08 Å². The predicted molar refractivity (Wildman–Crippen MR) is 105 cm³/mol. The average molecular weight is 381 g/mol. The highest BCUT2D eigenvalue weighted by atomic mass is 16.6. The fourth-order valence-corrected chi connectivity index (χ4v) is 2.81. The van der Waals surface area contributed by atoms with Crippen LogP contribution >= 0.6 is 0 Å². The number of carbonyl (C=O) groups excluding carboxylic acids is 2. The highest BCUT2D eigenvalue weighted by molar-refractivity contribution is 5.89. The molecule has 0 unspecified atom stereocenters. The average Bonchev–Trinajstić information content (AvgIpc) is 2.71. The van der Waals surface area contributed by atoms with E-state index in [2.05, 4.69) is 5.32 Å². The molecule has 0 aliphatic carbocycles. The summed E-state index contributed by atoms with van der Waals surface area (Å²) in [5, 5.41) is 2.80. The van der Waals surface area contributed by atoms with Crippen molar-refractivity contribution in [2.24, 2.45) is 0 Å². The van der Waals surface area contributed by atoms with Crippen molar-refractivity contribution in [2.75, 3.05) is 19.8 Å². The Labute approximate surface area is 164 Å². The Balaban J connectivity index is 1.48. The predicted octanol–water partition coefficient (Wildman–Crippen LogP) is 3.20. The Kier molecular flexibility index (Phi) is 6.32. The van der Waals surface area contributed by atoms with E-state index in [4.69, 9.17) is 14.2 Å². The van der Waals surface area contributed by atoms with Crippen LogP contribution in [0.1, 0.15) is 29.7 Å². The van der Waals surface area contributed by atoms with Crippen molar-refractivity contribution in [3.63, 3.8) is 0 Å². The summed E-state index contributed by atoms with van der Waals surface area (Å²) in [6, 6.07) is 13.0. The smallest absolute Gasteiger partial charge is 0.331 e. The molecule has 6 nitrogen and oxygen atoms in total. The third kappa shape index (κ3) is 5.13. The molecule has 28 heavy (non-hydrogen) atoms. The fraction of sp³-hybridized carbons (Fsp3) is 0.273. The number of rotatable bonds is 6. The van der Waals surface area contributed by atoms with Crippen molar-refractivity contribution in [1.82, 2.24) is 5.32 Å². The Morgan fingerprint density at radius 1 is 1.14 bits per heavy atom. The van der Waals surface area contributed by atoms with Gasteiger partial charge in [0, 0.05) is 6.08 Å². The molecule has 0 aromatic heterocycles. The number of nitrogens with one attached hydrogen (secondary N) is 1. The molecule has 0 bridgehead atoms. The van der Waals surface area contributed by atoms with Gasteiger partial charge in [0.15, 0.2) is 18.1 Å². The number of fused-ring (bicyclic) bond motifs is 1. The maximum atomic E-state index is 12.1. The van der Waals surface area contributed by atoms with Gasteiger partial charge in [0.05, 0.1) is 6.04 Å². The minimum absolute atomic E-state index is 0.260. The summed E-state index contributed by atoms with van der Waals surface area (Å²) in [5.74, 6) is 0.422. The molecular weight excluding hydrogens is 358 g/mol. The molecule has 0 spiro atoms. The van der Waals surface area contributed by atoms with E-state index in [0.717, 1.165) is 16.7 Å². The van der Waals surface area contributed by atoms with E-state index in [0.29, 0.717) is 24.7 Å². The maximum absolute atomic E-state index is 12.1. The van der Waals surface area contributed by atoms with Crippen molar-refractivity contribution < 1.29 is 23.8 Å². The van der Waals surface area contributed by atoms with Crippen molar-refractivity contribution >= 4 is 18.0 Å². The zero-order chi connectivity index (χ0) is 19.9. The topological polar surface area (TPSA) is 73.9 Å². The number of ether oxygens (including phenoxy) is 3. The molecule has 6 heteroatoms.